The normalized spacial score (nSPS) is 13.3. The lowest BCUT2D eigenvalue weighted by Gasteiger charge is -2.29. The van der Waals surface area contributed by atoms with E-state index in [9.17, 15) is 14.7 Å². The summed E-state index contributed by atoms with van der Waals surface area (Å²) in [4.78, 5) is 31.6. The van der Waals surface area contributed by atoms with E-state index in [-0.39, 0.29) is 11.5 Å². The Hall–Kier alpha value is -4.79. The molecular formula is C45H59Cl2N3O5. The van der Waals surface area contributed by atoms with Crippen LogP contribution in [0, 0.1) is 0 Å². The molecule has 10 heteroatoms. The third-order valence-corrected chi connectivity index (χ3v) is 8.92. The third-order valence-electron chi connectivity index (χ3n) is 8.39. The highest BCUT2D eigenvalue weighted by Crippen LogP contribution is 2.24. The second-order valence-corrected chi connectivity index (χ2v) is 12.8. The summed E-state index contributed by atoms with van der Waals surface area (Å²) in [5.74, 6) is 1.94. The van der Waals surface area contributed by atoms with Crippen LogP contribution in [0.4, 0.5) is 0 Å². The number of aromatic carboxylic acids is 1. The Morgan fingerprint density at radius 2 is 1.62 bits per heavy atom. The number of aliphatic imine (C=N–C) groups is 1. The molecule has 0 saturated carbocycles. The zero-order valence-corrected chi connectivity index (χ0v) is 34.8. The molecule has 1 amide bonds. The number of carbonyl (C=O) groups excluding carboxylic acids is 1. The Kier molecular flexibility index (Phi) is 25.1. The van der Waals surface area contributed by atoms with Gasteiger partial charge in [0.15, 0.2) is 0 Å². The van der Waals surface area contributed by atoms with Gasteiger partial charge in [0.25, 0.3) is 0 Å². The van der Waals surface area contributed by atoms with Gasteiger partial charge in [-0.1, -0.05) is 67.0 Å². The summed E-state index contributed by atoms with van der Waals surface area (Å²) in [6.45, 7) is 14.7. The Morgan fingerprint density at radius 3 is 2.15 bits per heavy atom. The van der Waals surface area contributed by atoms with E-state index in [1.54, 1.807) is 32.4 Å². The average molecular weight is 793 g/mol. The number of amidine groups is 1. The Labute approximate surface area is 339 Å². The van der Waals surface area contributed by atoms with Crippen LogP contribution in [0.2, 0.25) is 0 Å². The molecule has 0 fully saturated rings. The van der Waals surface area contributed by atoms with Crippen LogP contribution in [0.3, 0.4) is 0 Å². The van der Waals surface area contributed by atoms with Gasteiger partial charge in [0.1, 0.15) is 23.1 Å². The van der Waals surface area contributed by atoms with Crippen LogP contribution in [0.25, 0.3) is 0 Å². The van der Waals surface area contributed by atoms with Crippen molar-refractivity contribution in [3.05, 3.63) is 143 Å². The molecule has 0 bridgehead atoms. The van der Waals surface area contributed by atoms with E-state index in [0.717, 1.165) is 48.4 Å². The van der Waals surface area contributed by atoms with Crippen LogP contribution >= 0.6 is 23.2 Å². The van der Waals surface area contributed by atoms with Gasteiger partial charge in [-0.2, -0.15) is 0 Å². The molecule has 0 spiro atoms. The maximum absolute atomic E-state index is 13.6. The van der Waals surface area contributed by atoms with E-state index in [2.05, 4.69) is 42.5 Å². The van der Waals surface area contributed by atoms with Crippen LogP contribution in [-0.2, 0) is 16.0 Å². The average Bonchev–Trinajstić information content (AvgIpc) is 3.19. The SMILES string of the molecule is C/C=C(\C/C=C\C(=C/C)OC)CCCC(=O)NC(Cc1ccc(Oc2ccc(C(=O)O)cc2)cc1)C(=NC)N(/C=C/C(=C/C)C(/Cl)=C\CCl)CCCC.C=C. The summed E-state index contributed by atoms with van der Waals surface area (Å²) in [5.41, 5.74) is 3.25. The molecule has 0 aliphatic rings. The number of nitrogens with zero attached hydrogens (tertiary/aromatic N) is 2. The number of hydrogen-bond donors (Lipinski definition) is 2. The first-order valence-electron chi connectivity index (χ1n) is 18.5. The summed E-state index contributed by atoms with van der Waals surface area (Å²) >= 11 is 12.4. The number of unbranched alkanes of at least 4 members (excludes halogenated alkanes) is 1. The van der Waals surface area contributed by atoms with Gasteiger partial charge < -0.3 is 24.8 Å². The van der Waals surface area contributed by atoms with Gasteiger partial charge in [-0.05, 0) is 119 Å². The van der Waals surface area contributed by atoms with Crippen molar-refractivity contribution >= 4 is 40.9 Å². The summed E-state index contributed by atoms with van der Waals surface area (Å²) in [5, 5.41) is 13.1. The predicted octanol–water partition coefficient (Wildman–Crippen LogP) is 11.6. The topological polar surface area (TPSA) is 100 Å². The maximum atomic E-state index is 13.6. The number of benzene rings is 2. The highest BCUT2D eigenvalue weighted by Gasteiger charge is 2.23. The van der Waals surface area contributed by atoms with E-state index in [1.165, 1.54) is 17.7 Å². The Morgan fingerprint density at radius 1 is 0.964 bits per heavy atom. The lowest BCUT2D eigenvalue weighted by molar-refractivity contribution is -0.121. The van der Waals surface area contributed by atoms with Crippen LogP contribution < -0.4 is 10.1 Å². The number of methoxy groups -OCH3 is 1. The minimum atomic E-state index is -0.993. The number of carboxylic acid groups (broad SMARTS) is 1. The smallest absolute Gasteiger partial charge is 0.335 e. The molecule has 2 rings (SSSR count). The van der Waals surface area contributed by atoms with E-state index < -0.39 is 12.0 Å². The quantitative estimate of drug-likeness (QED) is 0.0308. The van der Waals surface area contributed by atoms with Crippen LogP contribution in [0.15, 0.2) is 137 Å². The summed E-state index contributed by atoms with van der Waals surface area (Å²) in [6, 6.07) is 13.5. The van der Waals surface area contributed by atoms with Gasteiger partial charge >= 0.3 is 5.97 Å². The van der Waals surface area contributed by atoms with E-state index in [1.807, 2.05) is 75.5 Å². The molecule has 0 saturated heterocycles. The lowest BCUT2D eigenvalue weighted by atomic mass is 10.0. The van der Waals surface area contributed by atoms with E-state index in [4.69, 9.17) is 37.7 Å². The number of hydrogen-bond acceptors (Lipinski definition) is 5. The van der Waals surface area contributed by atoms with Crippen molar-refractivity contribution in [2.75, 3.05) is 26.6 Å². The molecule has 2 aromatic carbocycles. The van der Waals surface area contributed by atoms with Crippen molar-refractivity contribution in [3.63, 3.8) is 0 Å². The Bertz CT molecular complexity index is 1670. The largest absolute Gasteiger partial charge is 0.497 e. The molecule has 0 radical (unpaired) electrons. The van der Waals surface area contributed by atoms with E-state index in [0.29, 0.717) is 48.2 Å². The standard InChI is InChI=1S/C43H55Cl2N3O5.C2H4/c1-7-11-29-48(30-27-34(9-3)39(45)26-28-44)42(46-5)40(47-41(49)17-13-15-32(8-2)14-12-16-36(10-4)52-6)31-33-18-22-37(23-19-33)53-38-24-20-35(21-25-38)43(50)51;1-2/h8-10,12,16,18-27,30,40H,7,11,13-15,17,28-29,31H2,1-6H3,(H,47,49)(H,50,51);1-2H2/b16-12-,30-27+,32-8+,34-9-,36-10+,39-26+,46-42?;. The molecule has 0 aromatic heterocycles. The zero-order chi connectivity index (χ0) is 41.0. The monoisotopic (exact) mass is 791 g/mol. The fourth-order valence-electron chi connectivity index (χ4n) is 5.40. The van der Waals surface area contributed by atoms with Gasteiger partial charge in [0.2, 0.25) is 5.91 Å². The van der Waals surface area contributed by atoms with Crippen LogP contribution in [0.1, 0.15) is 82.1 Å². The first-order chi connectivity index (χ1) is 26.6. The third kappa shape index (κ3) is 18.4. The minimum Gasteiger partial charge on any atom is -0.497 e. The molecular weight excluding hydrogens is 733 g/mol. The number of halogens is 2. The van der Waals surface area contributed by atoms with Crippen molar-refractivity contribution in [3.8, 4) is 11.5 Å². The molecule has 298 valence electrons. The van der Waals surface area contributed by atoms with Gasteiger partial charge in [-0.25, -0.2) is 4.79 Å². The number of carboxylic acids is 1. The Balaban J connectivity index is 0.00000743. The molecule has 1 atom stereocenters. The number of amides is 1. The van der Waals surface area contributed by atoms with Crippen molar-refractivity contribution in [1.82, 2.24) is 10.2 Å². The number of alkyl halides is 1. The number of allylic oxidation sites excluding steroid dienone is 10. The second kappa shape index (κ2) is 28.6. The van der Waals surface area contributed by atoms with Crippen molar-refractivity contribution < 1.29 is 24.2 Å². The number of ether oxygens (including phenoxy) is 2. The van der Waals surface area contributed by atoms with Crippen LogP contribution in [-0.4, -0.2) is 60.3 Å². The fraction of sp³-hybridized carbons (Fsp3) is 0.356. The molecule has 8 nitrogen and oxygen atoms in total. The summed E-state index contributed by atoms with van der Waals surface area (Å²) < 4.78 is 11.3. The molecule has 1 unspecified atom stereocenters. The van der Waals surface area contributed by atoms with E-state index >= 15 is 0 Å². The zero-order valence-electron chi connectivity index (χ0n) is 33.3. The first kappa shape index (κ1) is 48.2. The van der Waals surface area contributed by atoms with Gasteiger partial charge in [-0.3, -0.25) is 9.79 Å². The highest BCUT2D eigenvalue weighted by molar-refractivity contribution is 6.33. The minimum absolute atomic E-state index is 0.0517. The van der Waals surface area contributed by atoms with Gasteiger partial charge in [-0.15, -0.1) is 24.8 Å². The number of nitrogens with one attached hydrogen (secondary N) is 1. The molecule has 55 heavy (non-hydrogen) atoms. The second-order valence-electron chi connectivity index (χ2n) is 12.1. The summed E-state index contributed by atoms with van der Waals surface area (Å²) in [6.07, 6.45) is 20.7. The number of rotatable bonds is 22. The molecule has 0 heterocycles. The van der Waals surface area contributed by atoms with Gasteiger partial charge in [0, 0.05) is 37.1 Å². The lowest BCUT2D eigenvalue weighted by Crippen LogP contribution is -2.48. The van der Waals surface area contributed by atoms with Crippen molar-refractivity contribution in [2.24, 2.45) is 4.99 Å². The molecule has 0 aliphatic heterocycles. The first-order valence-corrected chi connectivity index (χ1v) is 19.4. The number of carbonyl (C=O) groups is 2. The molecule has 2 N–H and O–H groups in total. The highest BCUT2D eigenvalue weighted by atomic mass is 35.5. The van der Waals surface area contributed by atoms with Gasteiger partial charge in [0.05, 0.1) is 18.7 Å². The molecule has 0 aliphatic carbocycles. The van der Waals surface area contributed by atoms with Crippen molar-refractivity contribution in [2.45, 2.75) is 78.7 Å². The maximum Gasteiger partial charge on any atom is 0.335 e. The molecule has 2 aromatic rings. The fourth-order valence-corrected chi connectivity index (χ4v) is 5.88. The van der Waals surface area contributed by atoms with Crippen LogP contribution in [0.5, 0.6) is 11.5 Å². The summed E-state index contributed by atoms with van der Waals surface area (Å²) in [7, 11) is 3.40. The predicted molar refractivity (Wildman–Crippen MR) is 231 cm³/mol. The van der Waals surface area contributed by atoms with Crippen molar-refractivity contribution in [1.29, 1.82) is 0 Å².